The molecule has 0 radical (unpaired) electrons. The van der Waals surface area contributed by atoms with E-state index in [1.54, 1.807) is 11.3 Å². The van der Waals surface area contributed by atoms with Crippen LogP contribution in [0.25, 0.3) is 26.4 Å². The van der Waals surface area contributed by atoms with Crippen molar-refractivity contribution in [3.63, 3.8) is 0 Å². The summed E-state index contributed by atoms with van der Waals surface area (Å²) in [7, 11) is 0. The first-order valence-corrected chi connectivity index (χ1v) is 7.90. The number of anilines is 1. The van der Waals surface area contributed by atoms with E-state index in [1.165, 1.54) is 0 Å². The number of carboxylic acids is 1. The number of aliphatic carboxylic acids is 1. The lowest BCUT2D eigenvalue weighted by Gasteiger charge is -1.98. The maximum atomic E-state index is 10.8. The minimum Gasteiger partial charge on any atom is -0.481 e. The molecule has 0 aliphatic carbocycles. The van der Waals surface area contributed by atoms with Crippen molar-refractivity contribution >= 4 is 38.2 Å². The standard InChI is InChI=1S/C17H13N3O2S/c18-12-4-2-11(3-5-12)13-9-20-14-6-1-10(8-16(21)22)7-15(14)23-17(20)19-13/h1-7,9H,8,18H2,(H,21,22). The zero-order valence-electron chi connectivity index (χ0n) is 12.1. The van der Waals surface area contributed by atoms with Gasteiger partial charge in [0.1, 0.15) is 0 Å². The molecule has 23 heavy (non-hydrogen) atoms. The summed E-state index contributed by atoms with van der Waals surface area (Å²) in [5, 5.41) is 8.90. The number of benzene rings is 2. The van der Waals surface area contributed by atoms with E-state index in [2.05, 4.69) is 4.98 Å². The van der Waals surface area contributed by atoms with Gasteiger partial charge in [-0.05, 0) is 29.8 Å². The van der Waals surface area contributed by atoms with E-state index in [9.17, 15) is 4.79 Å². The molecule has 0 atom stereocenters. The van der Waals surface area contributed by atoms with Crippen LogP contribution in [0.2, 0.25) is 0 Å². The summed E-state index contributed by atoms with van der Waals surface area (Å²) in [4.78, 5) is 16.4. The van der Waals surface area contributed by atoms with E-state index in [0.29, 0.717) is 0 Å². The van der Waals surface area contributed by atoms with Crippen molar-refractivity contribution < 1.29 is 9.90 Å². The monoisotopic (exact) mass is 323 g/mol. The summed E-state index contributed by atoms with van der Waals surface area (Å²) in [6, 6.07) is 13.4. The molecule has 4 rings (SSSR count). The van der Waals surface area contributed by atoms with E-state index in [1.807, 2.05) is 53.1 Å². The van der Waals surface area contributed by atoms with Crippen molar-refractivity contribution in [2.45, 2.75) is 6.42 Å². The number of imidazole rings is 1. The van der Waals surface area contributed by atoms with Gasteiger partial charge in [0.2, 0.25) is 0 Å². The van der Waals surface area contributed by atoms with Crippen LogP contribution in [0.4, 0.5) is 5.69 Å². The van der Waals surface area contributed by atoms with Gasteiger partial charge in [-0.1, -0.05) is 29.5 Å². The van der Waals surface area contributed by atoms with Crippen LogP contribution in [0.5, 0.6) is 0 Å². The van der Waals surface area contributed by atoms with Gasteiger partial charge in [0.05, 0.1) is 22.3 Å². The van der Waals surface area contributed by atoms with Gasteiger partial charge in [-0.25, -0.2) is 4.98 Å². The molecule has 0 saturated heterocycles. The Kier molecular flexibility index (Phi) is 3.06. The third-order valence-corrected chi connectivity index (χ3v) is 4.74. The number of nitrogens with zero attached hydrogens (tertiary/aromatic N) is 2. The number of carbonyl (C=O) groups is 1. The predicted octanol–water partition coefficient (Wildman–Crippen LogP) is 3.43. The second-order valence-electron chi connectivity index (χ2n) is 5.38. The fourth-order valence-electron chi connectivity index (χ4n) is 2.62. The van der Waals surface area contributed by atoms with E-state index in [-0.39, 0.29) is 6.42 Å². The zero-order chi connectivity index (χ0) is 16.0. The molecular weight excluding hydrogens is 310 g/mol. The van der Waals surface area contributed by atoms with Crippen molar-refractivity contribution in [2.75, 3.05) is 5.73 Å². The van der Waals surface area contributed by atoms with Crippen LogP contribution in [0.15, 0.2) is 48.7 Å². The number of carboxylic acid groups (broad SMARTS) is 1. The Balaban J connectivity index is 1.80. The molecule has 3 N–H and O–H groups in total. The number of nitrogens with two attached hydrogens (primary N) is 1. The third-order valence-electron chi connectivity index (χ3n) is 3.72. The van der Waals surface area contributed by atoms with Crippen molar-refractivity contribution in [2.24, 2.45) is 0 Å². The Morgan fingerprint density at radius 1 is 1.22 bits per heavy atom. The summed E-state index contributed by atoms with van der Waals surface area (Å²) in [5.74, 6) is -0.823. The second-order valence-corrected chi connectivity index (χ2v) is 6.38. The number of thiazole rings is 1. The first-order chi connectivity index (χ1) is 11.1. The highest BCUT2D eigenvalue weighted by molar-refractivity contribution is 7.23. The molecule has 0 unspecified atom stereocenters. The highest BCUT2D eigenvalue weighted by atomic mass is 32.1. The lowest BCUT2D eigenvalue weighted by atomic mass is 10.1. The van der Waals surface area contributed by atoms with E-state index >= 15 is 0 Å². The molecule has 0 bridgehead atoms. The van der Waals surface area contributed by atoms with E-state index in [4.69, 9.17) is 10.8 Å². The van der Waals surface area contributed by atoms with Gasteiger partial charge < -0.3 is 10.8 Å². The van der Waals surface area contributed by atoms with E-state index < -0.39 is 5.97 Å². The quantitative estimate of drug-likeness (QED) is 0.566. The Morgan fingerprint density at radius 3 is 2.74 bits per heavy atom. The Hall–Kier alpha value is -2.86. The van der Waals surface area contributed by atoms with Crippen LogP contribution >= 0.6 is 11.3 Å². The van der Waals surface area contributed by atoms with Crippen LogP contribution in [-0.2, 0) is 11.2 Å². The van der Waals surface area contributed by atoms with Crippen molar-refractivity contribution in [3.8, 4) is 11.3 Å². The van der Waals surface area contributed by atoms with Crippen molar-refractivity contribution in [3.05, 3.63) is 54.2 Å². The van der Waals surface area contributed by atoms with Gasteiger partial charge >= 0.3 is 5.97 Å². The third kappa shape index (κ3) is 2.43. The zero-order valence-corrected chi connectivity index (χ0v) is 12.9. The fourth-order valence-corrected chi connectivity index (χ4v) is 3.69. The van der Waals surface area contributed by atoms with Crippen LogP contribution < -0.4 is 5.73 Å². The number of hydrogen-bond donors (Lipinski definition) is 2. The van der Waals surface area contributed by atoms with Crippen molar-refractivity contribution in [1.82, 2.24) is 9.38 Å². The molecule has 6 heteroatoms. The molecule has 5 nitrogen and oxygen atoms in total. The lowest BCUT2D eigenvalue weighted by Crippen LogP contribution is -1.99. The van der Waals surface area contributed by atoms with Gasteiger partial charge in [0.15, 0.2) is 4.96 Å². The molecule has 0 aliphatic heterocycles. The highest BCUT2D eigenvalue weighted by Crippen LogP contribution is 2.30. The average Bonchev–Trinajstić information content (AvgIpc) is 3.04. The number of hydrogen-bond acceptors (Lipinski definition) is 4. The minimum atomic E-state index is -0.823. The molecular formula is C17H13N3O2S. The van der Waals surface area contributed by atoms with Gasteiger partial charge in [-0.15, -0.1) is 0 Å². The fraction of sp³-hybridized carbons (Fsp3) is 0.0588. The molecule has 0 aliphatic rings. The highest BCUT2D eigenvalue weighted by Gasteiger charge is 2.11. The smallest absolute Gasteiger partial charge is 0.307 e. The second kappa shape index (κ2) is 5.10. The first kappa shape index (κ1) is 13.8. The molecule has 0 saturated carbocycles. The average molecular weight is 323 g/mol. The largest absolute Gasteiger partial charge is 0.481 e. The van der Waals surface area contributed by atoms with Crippen molar-refractivity contribution in [1.29, 1.82) is 0 Å². The summed E-state index contributed by atoms with van der Waals surface area (Å²) in [6.45, 7) is 0. The topological polar surface area (TPSA) is 80.6 Å². The van der Waals surface area contributed by atoms with Gasteiger partial charge in [0.25, 0.3) is 0 Å². The number of rotatable bonds is 3. The maximum Gasteiger partial charge on any atom is 0.307 e. The molecule has 4 aromatic rings. The summed E-state index contributed by atoms with van der Waals surface area (Å²) in [5.41, 5.74) is 10.2. The van der Waals surface area contributed by atoms with Crippen LogP contribution in [0.1, 0.15) is 5.56 Å². The summed E-state index contributed by atoms with van der Waals surface area (Å²) >= 11 is 1.56. The Morgan fingerprint density at radius 2 is 2.00 bits per heavy atom. The van der Waals surface area contributed by atoms with Crippen LogP contribution in [-0.4, -0.2) is 20.5 Å². The number of aromatic nitrogens is 2. The number of nitrogen functional groups attached to an aromatic ring is 1. The molecule has 0 amide bonds. The molecule has 0 spiro atoms. The minimum absolute atomic E-state index is 0.0346. The van der Waals surface area contributed by atoms with E-state index in [0.717, 1.165) is 37.7 Å². The first-order valence-electron chi connectivity index (χ1n) is 7.08. The van der Waals surface area contributed by atoms with Gasteiger partial charge in [-0.3, -0.25) is 9.20 Å². The Labute approximate surface area is 135 Å². The van der Waals surface area contributed by atoms with Crippen LogP contribution in [0, 0.1) is 0 Å². The molecule has 114 valence electrons. The lowest BCUT2D eigenvalue weighted by molar-refractivity contribution is -0.136. The summed E-state index contributed by atoms with van der Waals surface area (Å²) < 4.78 is 3.08. The number of fused-ring (bicyclic) bond motifs is 3. The van der Waals surface area contributed by atoms with Gasteiger partial charge in [0, 0.05) is 17.4 Å². The molecule has 0 fully saturated rings. The SMILES string of the molecule is Nc1ccc(-c2cn3c(n2)sc2cc(CC(=O)O)ccc23)cc1. The molecule has 2 heterocycles. The summed E-state index contributed by atoms with van der Waals surface area (Å²) in [6.07, 6.45) is 2.03. The predicted molar refractivity (Wildman–Crippen MR) is 91.8 cm³/mol. The van der Waals surface area contributed by atoms with Gasteiger partial charge in [-0.2, -0.15) is 0 Å². The Bertz CT molecular complexity index is 1030. The maximum absolute atomic E-state index is 10.8. The molecule has 2 aromatic heterocycles. The molecule has 2 aromatic carbocycles. The normalized spacial score (nSPS) is 11.3. The van der Waals surface area contributed by atoms with Crippen LogP contribution in [0.3, 0.4) is 0 Å².